The van der Waals surface area contributed by atoms with Crippen LogP contribution in [0.25, 0.3) is 0 Å². The van der Waals surface area contributed by atoms with E-state index in [1.54, 1.807) is 0 Å². The number of esters is 1. The number of hydrogen-bond acceptors (Lipinski definition) is 3. The Morgan fingerprint density at radius 1 is 1.41 bits per heavy atom. The van der Waals surface area contributed by atoms with Gasteiger partial charge in [0.1, 0.15) is 17.8 Å². The highest BCUT2D eigenvalue weighted by Gasteiger charge is 2.53. The first-order valence-electron chi connectivity index (χ1n) is 6.13. The number of carbonyl (C=O) groups is 2. The third kappa shape index (κ3) is 2.76. The van der Waals surface area contributed by atoms with Crippen molar-refractivity contribution in [2.75, 3.05) is 0 Å². The summed E-state index contributed by atoms with van der Waals surface area (Å²) < 4.78 is 5.23. The van der Waals surface area contributed by atoms with Crippen molar-refractivity contribution in [3.8, 4) is 0 Å². The van der Waals surface area contributed by atoms with Gasteiger partial charge in [0.25, 0.3) is 0 Å². The monoisotopic (exact) mass is 238 g/mol. The van der Waals surface area contributed by atoms with Crippen LogP contribution >= 0.6 is 0 Å². The van der Waals surface area contributed by atoms with E-state index in [0.717, 1.165) is 12.8 Å². The van der Waals surface area contributed by atoms with E-state index in [4.69, 9.17) is 4.74 Å². The Hall–Kier alpha value is -1.12. The second kappa shape index (κ2) is 5.03. The van der Waals surface area contributed by atoms with E-state index in [-0.39, 0.29) is 23.3 Å². The van der Waals surface area contributed by atoms with Crippen molar-refractivity contribution < 1.29 is 14.3 Å². The van der Waals surface area contributed by atoms with Gasteiger partial charge in [-0.05, 0) is 40.5 Å². The van der Waals surface area contributed by atoms with Crippen LogP contribution in [-0.2, 0) is 14.3 Å². The Labute approximate surface area is 103 Å². The van der Waals surface area contributed by atoms with Gasteiger partial charge in [0.2, 0.25) is 0 Å². The van der Waals surface area contributed by atoms with Crippen LogP contribution in [0.3, 0.4) is 0 Å². The molecule has 1 rings (SSSR count). The third-order valence-corrected chi connectivity index (χ3v) is 3.76. The van der Waals surface area contributed by atoms with E-state index < -0.39 is 5.92 Å². The number of ketones is 1. The molecule has 0 N–H and O–H groups in total. The summed E-state index contributed by atoms with van der Waals surface area (Å²) in [6.45, 7) is 9.43. The standard InChI is InChI=1S/C14H22O3/c1-9(2)7-6-8-14(5)11(4)17-13(16)12(14)10(3)15/h7,11-12H,6,8H2,1-5H3/t11-,12?,14+/m1/s1. The molecule has 0 bridgehead atoms. The summed E-state index contributed by atoms with van der Waals surface area (Å²) in [6.07, 6.45) is 3.63. The van der Waals surface area contributed by atoms with Crippen LogP contribution in [0.4, 0.5) is 0 Å². The molecular weight excluding hydrogens is 216 g/mol. The molecule has 1 unspecified atom stereocenters. The number of Topliss-reactive ketones (excluding diaryl/α,β-unsaturated/α-hetero) is 1. The molecule has 1 fully saturated rings. The van der Waals surface area contributed by atoms with Crippen LogP contribution in [0.15, 0.2) is 11.6 Å². The molecule has 0 radical (unpaired) electrons. The molecule has 0 aromatic carbocycles. The molecule has 3 nitrogen and oxygen atoms in total. The van der Waals surface area contributed by atoms with Gasteiger partial charge in [-0.25, -0.2) is 0 Å². The Kier molecular flexibility index (Phi) is 4.12. The number of allylic oxidation sites excluding steroid dienone is 2. The van der Waals surface area contributed by atoms with Crippen molar-refractivity contribution >= 4 is 11.8 Å². The lowest BCUT2D eigenvalue weighted by Gasteiger charge is -2.29. The molecule has 17 heavy (non-hydrogen) atoms. The summed E-state index contributed by atoms with van der Waals surface area (Å²) in [7, 11) is 0. The Bertz CT molecular complexity index is 352. The van der Waals surface area contributed by atoms with Crippen molar-refractivity contribution in [3.63, 3.8) is 0 Å². The van der Waals surface area contributed by atoms with Gasteiger partial charge in [-0.1, -0.05) is 18.6 Å². The van der Waals surface area contributed by atoms with Crippen molar-refractivity contribution in [1.82, 2.24) is 0 Å². The van der Waals surface area contributed by atoms with Crippen molar-refractivity contribution in [3.05, 3.63) is 11.6 Å². The van der Waals surface area contributed by atoms with Crippen LogP contribution in [0, 0.1) is 11.3 Å². The maximum Gasteiger partial charge on any atom is 0.317 e. The van der Waals surface area contributed by atoms with Crippen LogP contribution in [0.5, 0.6) is 0 Å². The molecule has 0 amide bonds. The fourth-order valence-corrected chi connectivity index (χ4v) is 2.53. The molecule has 0 spiro atoms. The zero-order valence-electron chi connectivity index (χ0n) is 11.4. The van der Waals surface area contributed by atoms with Crippen molar-refractivity contribution in [2.24, 2.45) is 11.3 Å². The summed E-state index contributed by atoms with van der Waals surface area (Å²) in [6, 6.07) is 0. The molecule has 1 saturated heterocycles. The number of ether oxygens (including phenoxy) is 1. The summed E-state index contributed by atoms with van der Waals surface area (Å²) in [4.78, 5) is 23.3. The van der Waals surface area contributed by atoms with Gasteiger partial charge >= 0.3 is 5.97 Å². The molecule has 0 aliphatic carbocycles. The Morgan fingerprint density at radius 2 is 2.00 bits per heavy atom. The van der Waals surface area contributed by atoms with E-state index in [1.807, 2.05) is 27.7 Å². The smallest absolute Gasteiger partial charge is 0.317 e. The second-order valence-corrected chi connectivity index (χ2v) is 5.45. The van der Waals surface area contributed by atoms with E-state index >= 15 is 0 Å². The minimum Gasteiger partial charge on any atom is -0.461 e. The van der Waals surface area contributed by atoms with Gasteiger partial charge in [0.05, 0.1) is 0 Å². The molecule has 3 heteroatoms. The minimum atomic E-state index is -0.594. The SMILES string of the molecule is CC(=O)C1C(=O)O[C@H](C)[C@]1(C)CCC=C(C)C. The van der Waals surface area contributed by atoms with Crippen molar-refractivity contribution in [2.45, 2.75) is 53.6 Å². The first-order valence-corrected chi connectivity index (χ1v) is 6.13. The predicted octanol–water partition coefficient (Wildman–Crippen LogP) is 2.89. The lowest BCUT2D eigenvalue weighted by Crippen LogP contribution is -2.36. The average molecular weight is 238 g/mol. The van der Waals surface area contributed by atoms with Crippen LogP contribution in [-0.4, -0.2) is 17.9 Å². The fraction of sp³-hybridized carbons (Fsp3) is 0.714. The molecule has 1 aliphatic rings. The topological polar surface area (TPSA) is 43.4 Å². The fourth-order valence-electron chi connectivity index (χ4n) is 2.53. The van der Waals surface area contributed by atoms with Gasteiger partial charge in [-0.3, -0.25) is 9.59 Å². The van der Waals surface area contributed by atoms with E-state index in [9.17, 15) is 9.59 Å². The molecule has 0 aromatic heterocycles. The second-order valence-electron chi connectivity index (χ2n) is 5.45. The largest absolute Gasteiger partial charge is 0.461 e. The maximum atomic E-state index is 11.7. The first-order chi connectivity index (χ1) is 7.79. The normalized spacial score (nSPS) is 32.2. The Morgan fingerprint density at radius 3 is 2.47 bits per heavy atom. The molecule has 0 aromatic rings. The van der Waals surface area contributed by atoms with Gasteiger partial charge in [-0.2, -0.15) is 0 Å². The van der Waals surface area contributed by atoms with Gasteiger partial charge in [0, 0.05) is 5.41 Å². The highest BCUT2D eigenvalue weighted by atomic mass is 16.6. The van der Waals surface area contributed by atoms with Crippen LogP contribution in [0.2, 0.25) is 0 Å². The minimum absolute atomic E-state index is 0.0842. The third-order valence-electron chi connectivity index (χ3n) is 3.76. The summed E-state index contributed by atoms with van der Waals surface area (Å²) in [5, 5.41) is 0. The van der Waals surface area contributed by atoms with E-state index in [0.29, 0.717) is 0 Å². The first kappa shape index (κ1) is 13.9. The number of rotatable bonds is 4. The summed E-state index contributed by atoms with van der Waals surface area (Å²) >= 11 is 0. The summed E-state index contributed by atoms with van der Waals surface area (Å²) in [5.41, 5.74) is 0.889. The zero-order chi connectivity index (χ0) is 13.2. The van der Waals surface area contributed by atoms with Gasteiger partial charge in [0.15, 0.2) is 0 Å². The lowest BCUT2D eigenvalue weighted by atomic mass is 9.70. The molecule has 1 aliphatic heterocycles. The zero-order valence-corrected chi connectivity index (χ0v) is 11.4. The Balaban J connectivity index is 2.86. The highest BCUT2D eigenvalue weighted by Crippen LogP contribution is 2.44. The lowest BCUT2D eigenvalue weighted by molar-refractivity contribution is -0.146. The van der Waals surface area contributed by atoms with Gasteiger partial charge < -0.3 is 4.74 Å². The molecular formula is C14H22O3. The van der Waals surface area contributed by atoms with Crippen molar-refractivity contribution in [1.29, 1.82) is 0 Å². The quantitative estimate of drug-likeness (QED) is 0.429. The number of cyclic esters (lactones) is 1. The average Bonchev–Trinajstić information content (AvgIpc) is 2.36. The molecule has 96 valence electrons. The van der Waals surface area contributed by atoms with E-state index in [1.165, 1.54) is 12.5 Å². The van der Waals surface area contributed by atoms with Gasteiger partial charge in [-0.15, -0.1) is 0 Å². The van der Waals surface area contributed by atoms with Crippen LogP contribution < -0.4 is 0 Å². The number of carbonyl (C=O) groups excluding carboxylic acids is 2. The predicted molar refractivity (Wildman–Crippen MR) is 66.5 cm³/mol. The molecule has 1 heterocycles. The maximum absolute atomic E-state index is 11.7. The molecule has 0 saturated carbocycles. The molecule has 3 atom stereocenters. The van der Waals surface area contributed by atoms with E-state index in [2.05, 4.69) is 6.08 Å². The summed E-state index contributed by atoms with van der Waals surface area (Å²) in [5.74, 6) is -1.04. The highest BCUT2D eigenvalue weighted by molar-refractivity contribution is 6.00. The van der Waals surface area contributed by atoms with Crippen LogP contribution in [0.1, 0.15) is 47.5 Å². The number of hydrogen-bond donors (Lipinski definition) is 0.